The Kier molecular flexibility index (Phi) is 51.9. The first-order chi connectivity index (χ1) is 43.9. The topological polar surface area (TPSA) is 129 Å². The lowest BCUT2D eigenvalue weighted by molar-refractivity contribution is -0.116. The van der Waals surface area contributed by atoms with Gasteiger partial charge in [-0.25, -0.2) is 0 Å². The van der Waals surface area contributed by atoms with Gasteiger partial charge < -0.3 is 15.3 Å². The molecule has 0 aromatic heterocycles. The maximum absolute atomic E-state index is 12.6. The van der Waals surface area contributed by atoms with Gasteiger partial charge in [0, 0.05) is 50.1 Å². The van der Waals surface area contributed by atoms with Crippen LogP contribution in [0.1, 0.15) is 395 Å². The number of carbonyl (C=O) groups is 4. The summed E-state index contributed by atoms with van der Waals surface area (Å²) in [5, 5.41) is 31.7. The lowest BCUT2D eigenvalue weighted by Crippen LogP contribution is -2.27. The average Bonchev–Trinajstić information content (AvgIpc) is 0.819. The number of carbonyl (C=O) groups excluding carboxylic acids is 4. The van der Waals surface area contributed by atoms with Crippen LogP contribution in [0.2, 0.25) is 0 Å². The second-order valence-electron chi connectivity index (χ2n) is 33.5. The van der Waals surface area contributed by atoms with E-state index in [1.807, 2.05) is 34.6 Å². The van der Waals surface area contributed by atoms with Crippen molar-refractivity contribution in [3.63, 3.8) is 0 Å². The zero-order valence-electron chi connectivity index (χ0n) is 66.2. The lowest BCUT2D eigenvalue weighted by atomic mass is 9.81. The second-order valence-corrected chi connectivity index (χ2v) is 33.5. The number of hydrogen-bond donors (Lipinski definition) is 3. The molecule has 1 aromatic carbocycles. The van der Waals surface area contributed by atoms with Gasteiger partial charge in [0.25, 0.3) is 0 Å². The zero-order chi connectivity index (χ0) is 71.6. The van der Waals surface area contributed by atoms with E-state index in [2.05, 4.69) is 96.9 Å². The van der Waals surface area contributed by atoms with Gasteiger partial charge in [-0.3, -0.25) is 19.2 Å². The van der Waals surface area contributed by atoms with Crippen LogP contribution in [0.25, 0.3) is 0 Å². The van der Waals surface area contributed by atoms with E-state index in [9.17, 15) is 34.5 Å². The van der Waals surface area contributed by atoms with Crippen molar-refractivity contribution in [3.8, 4) is 11.5 Å². The van der Waals surface area contributed by atoms with Gasteiger partial charge in [-0.2, -0.15) is 0 Å². The van der Waals surface area contributed by atoms with Gasteiger partial charge >= 0.3 is 0 Å². The normalized spacial score (nSPS) is 16.8. The molecule has 9 atom stereocenters. The minimum absolute atomic E-state index is 0. The molecular weight excluding hydrogens is 1190 g/mol. The molecule has 3 N–H and O–H groups in total. The fourth-order valence-electron chi connectivity index (χ4n) is 14.4. The van der Waals surface area contributed by atoms with E-state index in [-0.39, 0.29) is 45.4 Å². The molecule has 1 aromatic rings. The van der Waals surface area contributed by atoms with Crippen molar-refractivity contribution in [2.24, 2.45) is 65.1 Å². The summed E-state index contributed by atoms with van der Waals surface area (Å²) >= 11 is 0. The van der Waals surface area contributed by atoms with Crippen LogP contribution in [-0.2, 0) is 25.6 Å². The van der Waals surface area contributed by atoms with Gasteiger partial charge in [0.15, 0.2) is 23.1 Å². The van der Waals surface area contributed by atoms with Crippen molar-refractivity contribution < 1.29 is 34.5 Å². The van der Waals surface area contributed by atoms with Crippen LogP contribution in [0, 0.1) is 85.9 Å². The summed E-state index contributed by atoms with van der Waals surface area (Å²) in [6.07, 6.45) is 39.8. The van der Waals surface area contributed by atoms with Gasteiger partial charge in [-0.15, -0.1) is 0 Å². The number of phenolic OH excluding ortho intramolecular Hbond substituents is 2. The molecule has 0 bridgehead atoms. The molecule has 3 rings (SSSR count). The molecule has 0 radical (unpaired) electrons. The maximum Gasteiger partial charge on any atom is 0.185 e. The Morgan fingerprint density at radius 2 is 0.515 bits per heavy atom. The number of hydrogen-bond acceptors (Lipinski definition) is 7. The van der Waals surface area contributed by atoms with E-state index in [0.717, 1.165) is 120 Å². The summed E-state index contributed by atoms with van der Waals surface area (Å²) in [6, 6.07) is 0. The fraction of sp³-hybridized carbons (Fsp3) is 0.800. The number of benzene rings is 1. The van der Waals surface area contributed by atoms with Crippen LogP contribution in [-0.4, -0.2) is 44.1 Å². The average molecular weight is 1360 g/mol. The molecule has 7 heteroatoms. The molecule has 97 heavy (non-hydrogen) atoms. The molecule has 0 spiro atoms. The summed E-state index contributed by atoms with van der Waals surface area (Å²) in [5.41, 5.74) is 7.55. The molecule has 0 aliphatic heterocycles. The highest BCUT2D eigenvalue weighted by Crippen LogP contribution is 2.39. The van der Waals surface area contributed by atoms with Crippen molar-refractivity contribution >= 4 is 23.1 Å². The first kappa shape index (κ1) is 97.6. The maximum atomic E-state index is 12.6. The summed E-state index contributed by atoms with van der Waals surface area (Å²) in [4.78, 5) is 49.8. The van der Waals surface area contributed by atoms with E-state index >= 15 is 0 Å². The smallest absolute Gasteiger partial charge is 0.185 e. The van der Waals surface area contributed by atoms with Crippen molar-refractivity contribution in [2.75, 3.05) is 0 Å². The molecular formula is C90H164O7. The predicted molar refractivity (Wildman–Crippen MR) is 426 cm³/mol. The van der Waals surface area contributed by atoms with Crippen molar-refractivity contribution in [3.05, 3.63) is 66.8 Å². The van der Waals surface area contributed by atoms with Crippen molar-refractivity contribution in [2.45, 2.75) is 406 Å². The van der Waals surface area contributed by atoms with E-state index < -0.39 is 5.60 Å². The standard InChI is InChI=1S/C29H50O3.C29H52O2.C29H50O2.3CH4/c1-20(2)12-9-13-21(3)14-10-15-22(4)16-11-18-29(8,32)19-17-26-25(7)27(30)23(5)24(6)28(26)31;2*1-20(2)12-9-13-21(3)14-10-15-22(4)16-11-17-23(5)18-19-27-26(8)28(30)24(6)25(7)29(27)31;;;/h20-22,32H,9-19H2,1-8H3;20-23,30-31H,9-19H2,1-8H3;20-23H,9-19H2,1-8H3;3*1H4/t21-,22-,29-;2*21-,22-,23?;;;/m111.../s1. The van der Waals surface area contributed by atoms with Crippen molar-refractivity contribution in [1.82, 2.24) is 0 Å². The zero-order valence-corrected chi connectivity index (χ0v) is 66.2. The Labute approximate surface area is 603 Å². The third-order valence-corrected chi connectivity index (χ3v) is 22.5. The Bertz CT molecular complexity index is 2510. The number of allylic oxidation sites excluding steroid dienone is 8. The largest absolute Gasteiger partial charge is 0.507 e. The van der Waals surface area contributed by atoms with Crippen LogP contribution in [0.15, 0.2) is 44.6 Å². The monoisotopic (exact) mass is 1360 g/mol. The first-order valence-electron chi connectivity index (χ1n) is 39.1. The molecule has 7 nitrogen and oxygen atoms in total. The molecule has 566 valence electrons. The highest BCUT2D eigenvalue weighted by Gasteiger charge is 2.31. The van der Waals surface area contributed by atoms with E-state index in [4.69, 9.17) is 0 Å². The third-order valence-electron chi connectivity index (χ3n) is 22.5. The second kappa shape index (κ2) is 51.5. The van der Waals surface area contributed by atoms with Crippen LogP contribution in [0.3, 0.4) is 0 Å². The summed E-state index contributed by atoms with van der Waals surface area (Å²) in [5.74, 6) is 9.50. The van der Waals surface area contributed by atoms with Gasteiger partial charge in [-0.05, 0) is 196 Å². The van der Waals surface area contributed by atoms with Crippen LogP contribution < -0.4 is 0 Å². The summed E-state index contributed by atoms with van der Waals surface area (Å²) in [7, 11) is 0. The molecule has 0 amide bonds. The number of phenols is 2. The van der Waals surface area contributed by atoms with Crippen LogP contribution in [0.4, 0.5) is 0 Å². The third kappa shape index (κ3) is 38.9. The number of ketones is 4. The highest BCUT2D eigenvalue weighted by atomic mass is 16.3. The molecule has 0 saturated heterocycles. The fourth-order valence-corrected chi connectivity index (χ4v) is 14.4. The van der Waals surface area contributed by atoms with Crippen LogP contribution in [0.5, 0.6) is 11.5 Å². The molecule has 0 saturated carbocycles. The summed E-state index contributed by atoms with van der Waals surface area (Å²) in [6.45, 7) is 51.1. The van der Waals surface area contributed by atoms with Gasteiger partial charge in [0.2, 0.25) is 0 Å². The molecule has 2 aliphatic carbocycles. The Morgan fingerprint density at radius 3 is 0.814 bits per heavy atom. The van der Waals surface area contributed by atoms with Crippen molar-refractivity contribution in [1.29, 1.82) is 0 Å². The van der Waals surface area contributed by atoms with E-state index in [1.54, 1.807) is 34.6 Å². The Morgan fingerprint density at radius 1 is 0.278 bits per heavy atom. The van der Waals surface area contributed by atoms with Gasteiger partial charge in [-0.1, -0.05) is 286 Å². The lowest BCUT2D eigenvalue weighted by Gasteiger charge is -2.26. The number of aromatic hydroxyl groups is 2. The van der Waals surface area contributed by atoms with Gasteiger partial charge in [0.1, 0.15) is 11.5 Å². The number of aliphatic hydroxyl groups is 1. The Balaban J connectivity index is -0.00000135. The molecule has 2 aliphatic rings. The SMILES string of the molecule is C.C.C.CC1=C(C)C(=O)C(CCC(C)CCC[C@H](C)CCC[C@H](C)CCCC(C)C)=C(C)C1=O.CC1=C(C)C(=O)C(CC[C@](C)(O)CCC[C@H](C)CCC[C@H](C)CCCC(C)C)=C(C)C1=O.Cc1c(C)c(O)c(CCC(C)CCC[C@H](C)CCC[C@H](C)CCCC(C)C)c(C)c1O. The van der Waals surface area contributed by atoms with Gasteiger partial charge in [0.05, 0.1) is 5.60 Å². The predicted octanol–water partition coefficient (Wildman–Crippen LogP) is 27.3. The first-order valence-corrected chi connectivity index (χ1v) is 39.1. The quantitative estimate of drug-likeness (QED) is 0.0438. The highest BCUT2D eigenvalue weighted by molar-refractivity contribution is 6.25. The van der Waals surface area contributed by atoms with Crippen LogP contribution >= 0.6 is 0 Å². The number of Topliss-reactive ketones (excluding diaryl/α,β-unsaturated/α-hetero) is 4. The van der Waals surface area contributed by atoms with E-state index in [0.29, 0.717) is 81.1 Å². The molecule has 2 unspecified atom stereocenters. The molecule has 0 heterocycles. The Hall–Kier alpha value is -3.58. The minimum atomic E-state index is -0.800. The summed E-state index contributed by atoms with van der Waals surface area (Å²) < 4.78 is 0. The molecule has 0 fully saturated rings. The van der Waals surface area contributed by atoms with E-state index in [1.165, 1.54) is 154 Å². The minimum Gasteiger partial charge on any atom is -0.507 e. The number of rotatable bonds is 45.